The molecule has 3 heteroatoms. The number of hydrogen-bond acceptors (Lipinski definition) is 1. The number of rotatable bonds is 0. The van der Waals surface area contributed by atoms with Gasteiger partial charge in [-0.2, -0.15) is 0 Å². The molecule has 62 valence electrons. The van der Waals surface area contributed by atoms with Crippen LogP contribution in [-0.4, -0.2) is 11.7 Å². The van der Waals surface area contributed by atoms with Crippen LogP contribution in [-0.2, 0) is 0 Å². The predicted octanol–water partition coefficient (Wildman–Crippen LogP) is 2.48. The van der Waals surface area contributed by atoms with Crippen LogP contribution >= 0.6 is 11.6 Å². The van der Waals surface area contributed by atoms with Crippen molar-refractivity contribution in [1.82, 2.24) is 0 Å². The summed E-state index contributed by atoms with van der Waals surface area (Å²) in [6.45, 7) is 1.93. The lowest BCUT2D eigenvalue weighted by atomic mass is 10.4. The Morgan fingerprint density at radius 2 is 2.09 bits per heavy atom. The van der Waals surface area contributed by atoms with Crippen molar-refractivity contribution in [3.63, 3.8) is 0 Å². The maximum atomic E-state index is 12.1. The molecule has 0 fully saturated rings. The summed E-state index contributed by atoms with van der Waals surface area (Å²) in [4.78, 5) is 0. The molecule has 0 aliphatic heterocycles. The van der Waals surface area contributed by atoms with Gasteiger partial charge in [-0.3, -0.25) is 0 Å². The van der Waals surface area contributed by atoms with Crippen LogP contribution in [0.2, 0.25) is 5.02 Å². The Labute approximate surface area is 70.4 Å². The van der Waals surface area contributed by atoms with E-state index in [1.54, 1.807) is 19.1 Å². The minimum absolute atomic E-state index is 0.250. The highest BCUT2D eigenvalue weighted by Crippen LogP contribution is 2.07. The molecule has 11 heavy (non-hydrogen) atoms. The zero-order valence-corrected chi connectivity index (χ0v) is 6.98. The van der Waals surface area contributed by atoms with E-state index in [0.29, 0.717) is 5.02 Å². The molecule has 0 amide bonds. The predicted molar refractivity (Wildman–Crippen MR) is 44.2 cm³/mol. The van der Waals surface area contributed by atoms with Crippen molar-refractivity contribution in [2.75, 3.05) is 6.61 Å². The molecule has 0 heterocycles. The molecule has 0 aromatic heterocycles. The molecule has 0 saturated heterocycles. The largest absolute Gasteiger partial charge is 0.397 e. The summed E-state index contributed by atoms with van der Waals surface area (Å²) < 4.78 is 12.1. The van der Waals surface area contributed by atoms with Crippen LogP contribution in [0.4, 0.5) is 4.39 Å². The third-order valence-electron chi connectivity index (χ3n) is 0.787. The van der Waals surface area contributed by atoms with Gasteiger partial charge in [0.05, 0.1) is 0 Å². The van der Waals surface area contributed by atoms with Crippen LogP contribution in [0.5, 0.6) is 0 Å². The highest BCUT2D eigenvalue weighted by Gasteiger charge is 1.86. The van der Waals surface area contributed by atoms with E-state index >= 15 is 0 Å². The average Bonchev–Trinajstić information content (AvgIpc) is 1.88. The van der Waals surface area contributed by atoms with Crippen molar-refractivity contribution in [2.45, 2.75) is 6.92 Å². The second-order valence-corrected chi connectivity index (χ2v) is 2.19. The zero-order chi connectivity index (χ0) is 8.69. The van der Waals surface area contributed by atoms with E-state index in [1.165, 1.54) is 12.1 Å². The van der Waals surface area contributed by atoms with Crippen molar-refractivity contribution < 1.29 is 9.50 Å². The fourth-order valence-electron chi connectivity index (χ4n) is 0.460. The lowest BCUT2D eigenvalue weighted by Crippen LogP contribution is -1.68. The SMILES string of the molecule is CCO.Fc1cccc(Cl)c1. The lowest BCUT2D eigenvalue weighted by molar-refractivity contribution is 0.318. The molecular weight excluding hydrogens is 167 g/mol. The molecule has 0 saturated carbocycles. The smallest absolute Gasteiger partial charge is 0.124 e. The molecule has 1 N–H and O–H groups in total. The Morgan fingerprint density at radius 1 is 1.55 bits per heavy atom. The fraction of sp³-hybridized carbons (Fsp3) is 0.250. The van der Waals surface area contributed by atoms with Gasteiger partial charge in [0, 0.05) is 11.6 Å². The number of benzene rings is 1. The van der Waals surface area contributed by atoms with Crippen molar-refractivity contribution in [3.8, 4) is 0 Å². The van der Waals surface area contributed by atoms with Crippen LogP contribution in [0.3, 0.4) is 0 Å². The van der Waals surface area contributed by atoms with E-state index in [2.05, 4.69) is 0 Å². The highest BCUT2D eigenvalue weighted by molar-refractivity contribution is 6.30. The van der Waals surface area contributed by atoms with Crippen molar-refractivity contribution in [2.24, 2.45) is 0 Å². The summed E-state index contributed by atoms with van der Waals surface area (Å²) in [5.74, 6) is -0.294. The van der Waals surface area contributed by atoms with E-state index in [-0.39, 0.29) is 12.4 Å². The van der Waals surface area contributed by atoms with E-state index in [1.807, 2.05) is 0 Å². The maximum Gasteiger partial charge on any atom is 0.124 e. The molecule has 1 rings (SSSR count). The summed E-state index contributed by atoms with van der Waals surface area (Å²) in [5, 5.41) is 8.00. The minimum Gasteiger partial charge on any atom is -0.397 e. The van der Waals surface area contributed by atoms with E-state index in [0.717, 1.165) is 0 Å². The molecule has 0 spiro atoms. The van der Waals surface area contributed by atoms with Crippen molar-refractivity contribution in [1.29, 1.82) is 0 Å². The second-order valence-electron chi connectivity index (χ2n) is 1.76. The van der Waals surface area contributed by atoms with Gasteiger partial charge in [-0.05, 0) is 25.1 Å². The molecule has 1 aromatic carbocycles. The van der Waals surface area contributed by atoms with Crippen molar-refractivity contribution >= 4 is 11.6 Å². The average molecular weight is 177 g/mol. The Kier molecular flexibility index (Phi) is 5.80. The van der Waals surface area contributed by atoms with Crippen molar-refractivity contribution in [3.05, 3.63) is 35.1 Å². The summed E-state index contributed by atoms with van der Waals surface area (Å²) in [6, 6.07) is 5.82. The molecule has 0 aliphatic carbocycles. The van der Waals surface area contributed by atoms with Gasteiger partial charge in [-0.1, -0.05) is 17.7 Å². The van der Waals surface area contributed by atoms with Gasteiger partial charge in [-0.15, -0.1) is 0 Å². The summed E-state index contributed by atoms with van der Waals surface area (Å²) in [6.07, 6.45) is 0. The van der Waals surface area contributed by atoms with Gasteiger partial charge in [0.25, 0.3) is 0 Å². The van der Waals surface area contributed by atoms with Gasteiger partial charge in [0.2, 0.25) is 0 Å². The van der Waals surface area contributed by atoms with Crippen LogP contribution in [0.15, 0.2) is 24.3 Å². The molecule has 0 aliphatic rings. The maximum absolute atomic E-state index is 12.1. The molecule has 0 unspecified atom stereocenters. The Morgan fingerprint density at radius 3 is 2.36 bits per heavy atom. The Balaban J connectivity index is 0.000000292. The molecule has 1 aromatic rings. The second kappa shape index (κ2) is 6.13. The van der Waals surface area contributed by atoms with E-state index < -0.39 is 0 Å². The molecule has 0 bridgehead atoms. The lowest BCUT2D eigenvalue weighted by Gasteiger charge is -1.85. The molecule has 1 nitrogen and oxygen atoms in total. The van der Waals surface area contributed by atoms with Gasteiger partial charge >= 0.3 is 0 Å². The third-order valence-corrected chi connectivity index (χ3v) is 1.02. The number of halogens is 2. The quantitative estimate of drug-likeness (QED) is 0.644. The van der Waals surface area contributed by atoms with Gasteiger partial charge in [0.15, 0.2) is 0 Å². The minimum atomic E-state index is -0.294. The van der Waals surface area contributed by atoms with Crippen LogP contribution < -0.4 is 0 Å². The topological polar surface area (TPSA) is 20.2 Å². The van der Waals surface area contributed by atoms with Gasteiger partial charge < -0.3 is 5.11 Å². The summed E-state index contributed by atoms with van der Waals surface area (Å²) >= 11 is 5.40. The van der Waals surface area contributed by atoms with Crippen LogP contribution in [0.25, 0.3) is 0 Å². The molecule has 0 atom stereocenters. The van der Waals surface area contributed by atoms with E-state index in [9.17, 15) is 4.39 Å². The highest BCUT2D eigenvalue weighted by atomic mass is 35.5. The zero-order valence-electron chi connectivity index (χ0n) is 6.22. The first-order chi connectivity index (χ1) is 5.20. The van der Waals surface area contributed by atoms with Gasteiger partial charge in [-0.25, -0.2) is 4.39 Å². The first-order valence-electron chi connectivity index (χ1n) is 3.22. The molecule has 0 radical (unpaired) electrons. The fourth-order valence-corrected chi connectivity index (χ4v) is 0.637. The number of aliphatic hydroxyl groups is 1. The van der Waals surface area contributed by atoms with Gasteiger partial charge in [0.1, 0.15) is 5.82 Å². The number of hydrogen-bond donors (Lipinski definition) is 1. The Hall–Kier alpha value is -0.600. The standard InChI is InChI=1S/C6H4ClF.C2H6O/c7-5-2-1-3-6(8)4-5;1-2-3/h1-4H;3H,2H2,1H3. The monoisotopic (exact) mass is 176 g/mol. The summed E-state index contributed by atoms with van der Waals surface area (Å²) in [7, 11) is 0. The van der Waals surface area contributed by atoms with Crippen LogP contribution in [0, 0.1) is 5.82 Å². The van der Waals surface area contributed by atoms with E-state index in [4.69, 9.17) is 16.7 Å². The third kappa shape index (κ3) is 5.83. The Bertz CT molecular complexity index is 186. The van der Waals surface area contributed by atoms with Crippen LogP contribution in [0.1, 0.15) is 6.92 Å². The summed E-state index contributed by atoms with van der Waals surface area (Å²) in [5.41, 5.74) is 0. The number of aliphatic hydroxyl groups excluding tert-OH is 1. The first-order valence-corrected chi connectivity index (χ1v) is 3.60. The first kappa shape index (κ1) is 10.4. The normalized spacial score (nSPS) is 8.36. The molecular formula is C8H10ClFO.